The summed E-state index contributed by atoms with van der Waals surface area (Å²) in [5.41, 5.74) is 0.809. The molecule has 262 valence electrons. The molecule has 2 aliphatic carbocycles. The second-order valence-corrected chi connectivity index (χ2v) is 16.5. The fraction of sp³-hybridized carbons (Fsp3) is 0.545. The first-order valence-corrected chi connectivity index (χ1v) is 18.4. The van der Waals surface area contributed by atoms with Gasteiger partial charge < -0.3 is 37.2 Å². The lowest BCUT2D eigenvalue weighted by Gasteiger charge is -2.31. The summed E-state index contributed by atoms with van der Waals surface area (Å²) in [6, 6.07) is 6.76. The third kappa shape index (κ3) is 7.92. The summed E-state index contributed by atoms with van der Waals surface area (Å²) in [5, 5.41) is 28.4. The van der Waals surface area contributed by atoms with E-state index in [9.17, 15) is 32.2 Å². The van der Waals surface area contributed by atoms with Gasteiger partial charge in [0.15, 0.2) is 11.4 Å². The van der Waals surface area contributed by atoms with Gasteiger partial charge in [-0.2, -0.15) is 4.31 Å². The van der Waals surface area contributed by atoms with Crippen LogP contribution in [-0.2, 0) is 25.9 Å². The predicted octanol–water partition coefficient (Wildman–Crippen LogP) is 4.30. The van der Waals surface area contributed by atoms with Crippen molar-refractivity contribution in [2.24, 2.45) is 23.7 Å². The highest BCUT2D eigenvalue weighted by atomic mass is 32.2. The summed E-state index contributed by atoms with van der Waals surface area (Å²) in [7, 11) is -4.15. The second-order valence-electron chi connectivity index (χ2n) is 13.5. The molecule has 7 atom stereocenters. The van der Waals surface area contributed by atoms with E-state index < -0.39 is 58.8 Å². The van der Waals surface area contributed by atoms with Crippen molar-refractivity contribution in [1.82, 2.24) is 14.6 Å². The number of ether oxygens (including phenoxy) is 2. The Kier molecular flexibility index (Phi) is 10.3. The molecule has 3 aliphatic rings. The number of aliphatic hydroxyl groups is 2. The van der Waals surface area contributed by atoms with Crippen molar-refractivity contribution in [2.75, 3.05) is 25.0 Å². The average Bonchev–Trinajstić information content (AvgIpc) is 3.49. The molecule has 0 radical (unpaired) electrons. The minimum atomic E-state index is -4.15. The number of amides is 1. The number of nitrogens with zero attached hydrogens (tertiary/aromatic N) is 2. The van der Waals surface area contributed by atoms with Gasteiger partial charge in [-0.3, -0.25) is 0 Å². The van der Waals surface area contributed by atoms with Crippen LogP contribution in [0.25, 0.3) is 10.2 Å². The van der Waals surface area contributed by atoms with Crippen molar-refractivity contribution in [3.8, 4) is 0 Å². The van der Waals surface area contributed by atoms with E-state index in [0.717, 1.165) is 34.4 Å². The van der Waals surface area contributed by atoms with Crippen LogP contribution in [0, 0.1) is 42.2 Å². The van der Waals surface area contributed by atoms with Gasteiger partial charge in [0.2, 0.25) is 10.0 Å². The number of aliphatic hydroxyl groups excluding tert-OH is 2. The Morgan fingerprint density at radius 1 is 1.17 bits per heavy atom. The lowest BCUT2D eigenvalue weighted by Crippen LogP contribution is -2.52. The molecule has 0 unspecified atom stereocenters. The predicted molar refractivity (Wildman–Crippen MR) is 176 cm³/mol. The van der Waals surface area contributed by atoms with Gasteiger partial charge in [-0.25, -0.2) is 27.0 Å². The van der Waals surface area contributed by atoms with Crippen molar-refractivity contribution in [3.05, 3.63) is 60.5 Å². The molecular formula is C33H41F2N4O7S2-. The lowest BCUT2D eigenvalue weighted by molar-refractivity contribution is -0.0852. The number of carbonyl (C=O) groups is 1. The van der Waals surface area contributed by atoms with E-state index in [-0.39, 0.29) is 53.7 Å². The molecule has 2 aromatic carbocycles. The third-order valence-electron chi connectivity index (χ3n) is 9.09. The van der Waals surface area contributed by atoms with Crippen molar-refractivity contribution < 1.29 is 41.7 Å². The van der Waals surface area contributed by atoms with Gasteiger partial charge in [-0.05, 0) is 61.1 Å². The molecule has 2 heterocycles. The molecule has 2 saturated carbocycles. The largest absolute Gasteiger partial charge is 0.448 e. The van der Waals surface area contributed by atoms with Crippen LogP contribution >= 0.6 is 11.3 Å². The molecule has 3 fully saturated rings. The quantitative estimate of drug-likeness (QED) is 0.191. The van der Waals surface area contributed by atoms with Crippen LogP contribution in [0.15, 0.2) is 41.3 Å². The molecular weight excluding hydrogens is 667 g/mol. The highest BCUT2D eigenvalue weighted by molar-refractivity contribution is 7.89. The molecule has 48 heavy (non-hydrogen) atoms. The monoisotopic (exact) mass is 707 g/mol. The molecule has 6 rings (SSSR count). The Morgan fingerprint density at radius 2 is 1.90 bits per heavy atom. The number of rotatable bonds is 13. The van der Waals surface area contributed by atoms with E-state index in [1.54, 1.807) is 12.1 Å². The molecule has 4 N–H and O–H groups in total. The number of benzene rings is 2. The molecule has 15 heteroatoms. The van der Waals surface area contributed by atoms with Crippen LogP contribution in [0.5, 0.6) is 0 Å². The van der Waals surface area contributed by atoms with Crippen molar-refractivity contribution in [2.45, 2.75) is 75.0 Å². The van der Waals surface area contributed by atoms with E-state index in [1.165, 1.54) is 17.4 Å². The first-order valence-electron chi connectivity index (χ1n) is 16.2. The van der Waals surface area contributed by atoms with Crippen LogP contribution in [0.1, 0.15) is 38.7 Å². The van der Waals surface area contributed by atoms with E-state index in [1.807, 2.05) is 13.8 Å². The van der Waals surface area contributed by atoms with E-state index in [4.69, 9.17) is 9.47 Å². The van der Waals surface area contributed by atoms with Crippen LogP contribution in [0.3, 0.4) is 0 Å². The number of thiazole rings is 1. The Balaban J connectivity index is 1.23. The van der Waals surface area contributed by atoms with Crippen molar-refractivity contribution in [1.29, 1.82) is 0 Å². The van der Waals surface area contributed by atoms with Crippen molar-refractivity contribution in [3.63, 3.8) is 0 Å². The molecule has 1 aromatic heterocycles. The number of hydrogen-bond acceptors (Lipinski definition) is 10. The number of nitrogens with one attached hydrogen (secondary N) is 2. The highest BCUT2D eigenvalue weighted by Gasteiger charge is 2.48. The topological polar surface area (TPSA) is 150 Å². The zero-order chi connectivity index (χ0) is 34.3. The number of anilines is 1. The first kappa shape index (κ1) is 34.9. The fourth-order valence-corrected chi connectivity index (χ4v) is 9.29. The average molecular weight is 708 g/mol. The molecule has 0 bridgehead atoms. The van der Waals surface area contributed by atoms with Gasteiger partial charge in [0, 0.05) is 37.0 Å². The Labute approximate surface area is 282 Å². The summed E-state index contributed by atoms with van der Waals surface area (Å²) in [5.74, 6) is -2.62. The number of halogens is 2. The minimum Gasteiger partial charge on any atom is -0.448 e. The number of hydrogen-bond donors (Lipinski definition) is 4. The van der Waals surface area contributed by atoms with Gasteiger partial charge in [-0.1, -0.05) is 31.6 Å². The summed E-state index contributed by atoms with van der Waals surface area (Å²) in [6.07, 6.45) is -1.66. The van der Waals surface area contributed by atoms with Crippen LogP contribution in [0.2, 0.25) is 0 Å². The van der Waals surface area contributed by atoms with Gasteiger partial charge in [0.1, 0.15) is 11.6 Å². The molecule has 1 aliphatic heterocycles. The minimum absolute atomic E-state index is 0.0267. The number of carbonyl (C=O) groups excluding carboxylic acids is 1. The highest BCUT2D eigenvalue weighted by Crippen LogP contribution is 2.44. The SMILES string of the molecule is [CH2-][C@H]1C[C@@H]2[C@@H](CO[C@@H]2O)[C@H]1OC(=O)N[C@@H](Cc1cc(F)cc(F)c1)[C@H](O)CN(CC(C)C)S(=O)(=O)c1ccc2nc(NC3CC3)sc2c1. The number of aromatic nitrogens is 1. The Morgan fingerprint density at radius 3 is 2.58 bits per heavy atom. The van der Waals surface area contributed by atoms with Crippen molar-refractivity contribution >= 4 is 42.8 Å². The van der Waals surface area contributed by atoms with Crippen LogP contribution < -0.4 is 10.6 Å². The molecule has 0 spiro atoms. The fourth-order valence-electron chi connectivity index (χ4n) is 6.58. The van der Waals surface area contributed by atoms with Gasteiger partial charge in [-0.15, -0.1) is 5.92 Å². The zero-order valence-corrected chi connectivity index (χ0v) is 28.4. The summed E-state index contributed by atoms with van der Waals surface area (Å²) in [4.78, 5) is 17.8. The molecule has 11 nitrogen and oxygen atoms in total. The molecule has 1 saturated heterocycles. The Hall–Kier alpha value is -2.95. The Bertz CT molecular complexity index is 1720. The van der Waals surface area contributed by atoms with Crippen LogP contribution in [-0.4, -0.2) is 84.3 Å². The van der Waals surface area contributed by atoms with E-state index in [0.29, 0.717) is 28.7 Å². The third-order valence-corrected chi connectivity index (χ3v) is 11.9. The maximum absolute atomic E-state index is 14.1. The van der Waals surface area contributed by atoms with Gasteiger partial charge >= 0.3 is 6.09 Å². The standard InChI is InChI=1S/C33H41F2N4O7S2/c1-17(2)14-39(48(43,44)23-6-7-26-29(13-23)47-32(37-26)36-22-4-5-22)15-28(40)27(11-19-9-20(34)12-21(35)10-19)38-33(42)46-30-18(3)8-24-25(30)16-45-31(24)41/h6-7,9-10,12-13,17-18,22,24-25,27-28,30-31,40-41H,3-5,8,11,14-16H2,1-2H3,(H,36,37)(H,38,42)/q-1/t18-,24+,25+,27-,28+,30-,31-/m0/s1. The molecule has 3 aromatic rings. The summed E-state index contributed by atoms with van der Waals surface area (Å²) >= 11 is 1.37. The lowest BCUT2D eigenvalue weighted by atomic mass is 9.98. The second kappa shape index (κ2) is 14.1. The summed E-state index contributed by atoms with van der Waals surface area (Å²) < 4.78 is 69.3. The first-order chi connectivity index (χ1) is 22.8. The van der Waals surface area contributed by atoms with Gasteiger partial charge in [0.25, 0.3) is 0 Å². The maximum Gasteiger partial charge on any atom is 0.407 e. The van der Waals surface area contributed by atoms with Gasteiger partial charge in [0.05, 0.1) is 40.0 Å². The smallest absolute Gasteiger partial charge is 0.407 e. The van der Waals surface area contributed by atoms with Crippen LogP contribution in [0.4, 0.5) is 18.7 Å². The maximum atomic E-state index is 14.1. The normalized spacial score (nSPS) is 25.4. The number of sulfonamides is 1. The molecule has 1 amide bonds. The van der Waals surface area contributed by atoms with E-state index in [2.05, 4.69) is 22.5 Å². The number of alkyl carbamates (subject to hydrolysis) is 1. The zero-order valence-electron chi connectivity index (χ0n) is 26.7. The summed E-state index contributed by atoms with van der Waals surface area (Å²) in [6.45, 7) is 7.56. The van der Waals surface area contributed by atoms with E-state index >= 15 is 0 Å². The number of fused-ring (bicyclic) bond motifs is 2.